The van der Waals surface area contributed by atoms with Gasteiger partial charge in [0.25, 0.3) is 0 Å². The van der Waals surface area contributed by atoms with E-state index < -0.39 is 0 Å². The average molecular weight is 262 g/mol. The Morgan fingerprint density at radius 3 is 2.68 bits per heavy atom. The topological polar surface area (TPSA) is 77.8 Å². The third kappa shape index (κ3) is 3.40. The van der Waals surface area contributed by atoms with Gasteiger partial charge in [-0.2, -0.15) is 20.1 Å². The second-order valence-electron chi connectivity index (χ2n) is 4.34. The zero-order chi connectivity index (χ0) is 13.8. The molecule has 1 N–H and O–H groups in total. The van der Waals surface area contributed by atoms with E-state index in [0.717, 1.165) is 6.54 Å². The first-order valence-electron chi connectivity index (χ1n) is 6.25. The van der Waals surface area contributed by atoms with Gasteiger partial charge >= 0.3 is 6.01 Å². The van der Waals surface area contributed by atoms with E-state index in [0.29, 0.717) is 23.5 Å². The summed E-state index contributed by atoms with van der Waals surface area (Å²) in [6.45, 7) is 6.56. The van der Waals surface area contributed by atoms with Crippen molar-refractivity contribution in [2.75, 3.05) is 11.9 Å². The first-order chi connectivity index (χ1) is 9.08. The fourth-order valence-corrected chi connectivity index (χ4v) is 1.51. The van der Waals surface area contributed by atoms with Crippen LogP contribution in [0.2, 0.25) is 0 Å². The predicted octanol–water partition coefficient (Wildman–Crippen LogP) is 1.49. The molecule has 7 heteroatoms. The monoisotopic (exact) mass is 262 g/mol. The van der Waals surface area contributed by atoms with Crippen LogP contribution in [0.5, 0.6) is 6.01 Å². The van der Waals surface area contributed by atoms with Gasteiger partial charge in [0.2, 0.25) is 5.95 Å². The van der Waals surface area contributed by atoms with Crippen molar-refractivity contribution in [2.45, 2.75) is 26.9 Å². The third-order valence-electron chi connectivity index (χ3n) is 2.23. The number of anilines is 1. The molecule has 102 valence electrons. The Hall–Kier alpha value is -2.18. The van der Waals surface area contributed by atoms with Gasteiger partial charge in [0.1, 0.15) is 5.69 Å². The van der Waals surface area contributed by atoms with Crippen LogP contribution < -0.4 is 10.1 Å². The molecule has 0 fully saturated rings. The lowest BCUT2D eigenvalue weighted by atomic mass is 10.4. The fraction of sp³-hybridized carbons (Fsp3) is 0.500. The molecule has 0 aliphatic carbocycles. The SMILES string of the molecule is CCNc1nc(OC(C)C)nc(-c2ccn(C)n2)n1. The van der Waals surface area contributed by atoms with Crippen LogP contribution in [0.15, 0.2) is 12.3 Å². The number of nitrogens with zero attached hydrogens (tertiary/aromatic N) is 5. The third-order valence-corrected chi connectivity index (χ3v) is 2.23. The van der Waals surface area contributed by atoms with Crippen LogP contribution in [-0.2, 0) is 7.05 Å². The summed E-state index contributed by atoms with van der Waals surface area (Å²) in [5.41, 5.74) is 0.692. The molecule has 0 saturated carbocycles. The van der Waals surface area contributed by atoms with Crippen LogP contribution >= 0.6 is 0 Å². The van der Waals surface area contributed by atoms with Crippen LogP contribution in [0.3, 0.4) is 0 Å². The Kier molecular flexibility index (Phi) is 3.94. The summed E-state index contributed by atoms with van der Waals surface area (Å²) in [6, 6.07) is 2.16. The minimum Gasteiger partial charge on any atom is -0.461 e. The molecule has 0 atom stereocenters. The number of nitrogens with one attached hydrogen (secondary N) is 1. The van der Waals surface area contributed by atoms with Gasteiger partial charge in [-0.25, -0.2) is 0 Å². The maximum absolute atomic E-state index is 5.53. The molecule has 0 spiro atoms. The summed E-state index contributed by atoms with van der Waals surface area (Å²) in [7, 11) is 1.85. The minimum absolute atomic E-state index is 0.00783. The highest BCUT2D eigenvalue weighted by Crippen LogP contribution is 2.17. The van der Waals surface area contributed by atoms with Crippen LogP contribution in [0.1, 0.15) is 20.8 Å². The molecule has 0 radical (unpaired) electrons. The fourth-order valence-electron chi connectivity index (χ4n) is 1.51. The van der Waals surface area contributed by atoms with E-state index in [1.165, 1.54) is 0 Å². The molecule has 2 aromatic heterocycles. The lowest BCUT2D eigenvalue weighted by Crippen LogP contribution is -2.12. The van der Waals surface area contributed by atoms with Crippen molar-refractivity contribution in [2.24, 2.45) is 7.05 Å². The summed E-state index contributed by atoms with van der Waals surface area (Å²) < 4.78 is 7.24. The quantitative estimate of drug-likeness (QED) is 0.879. The van der Waals surface area contributed by atoms with Gasteiger partial charge in [0.15, 0.2) is 5.82 Å². The molecule has 2 heterocycles. The smallest absolute Gasteiger partial charge is 0.322 e. The summed E-state index contributed by atoms with van der Waals surface area (Å²) in [4.78, 5) is 12.8. The lowest BCUT2D eigenvalue weighted by molar-refractivity contribution is 0.222. The molecule has 0 bridgehead atoms. The number of hydrogen-bond acceptors (Lipinski definition) is 6. The molecular formula is C12H18N6O. The molecule has 7 nitrogen and oxygen atoms in total. The van der Waals surface area contributed by atoms with E-state index in [4.69, 9.17) is 4.74 Å². The molecule has 0 saturated heterocycles. The van der Waals surface area contributed by atoms with Crippen molar-refractivity contribution in [3.8, 4) is 17.5 Å². The number of aryl methyl sites for hydroxylation is 1. The van der Waals surface area contributed by atoms with Crippen LogP contribution in [0.4, 0.5) is 5.95 Å². The summed E-state index contributed by atoms with van der Waals surface area (Å²) in [5.74, 6) is 0.996. The summed E-state index contributed by atoms with van der Waals surface area (Å²) in [6.07, 6.45) is 1.85. The zero-order valence-electron chi connectivity index (χ0n) is 11.6. The number of hydrogen-bond donors (Lipinski definition) is 1. The molecule has 2 rings (SSSR count). The Morgan fingerprint density at radius 1 is 1.32 bits per heavy atom. The highest BCUT2D eigenvalue weighted by atomic mass is 16.5. The van der Waals surface area contributed by atoms with Crippen molar-refractivity contribution in [3.05, 3.63) is 12.3 Å². The lowest BCUT2D eigenvalue weighted by Gasteiger charge is -2.10. The first kappa shape index (κ1) is 13.3. The first-order valence-corrected chi connectivity index (χ1v) is 6.25. The Bertz CT molecular complexity index is 551. The number of aromatic nitrogens is 5. The molecule has 19 heavy (non-hydrogen) atoms. The zero-order valence-corrected chi connectivity index (χ0v) is 11.6. The molecule has 2 aromatic rings. The highest BCUT2D eigenvalue weighted by molar-refractivity contribution is 5.50. The van der Waals surface area contributed by atoms with Gasteiger partial charge in [-0.1, -0.05) is 0 Å². The van der Waals surface area contributed by atoms with Gasteiger partial charge in [-0.3, -0.25) is 4.68 Å². The van der Waals surface area contributed by atoms with E-state index in [2.05, 4.69) is 25.4 Å². The molecular weight excluding hydrogens is 244 g/mol. The van der Waals surface area contributed by atoms with E-state index in [1.807, 2.05) is 40.1 Å². The normalized spacial score (nSPS) is 10.8. The van der Waals surface area contributed by atoms with Gasteiger partial charge in [-0.15, -0.1) is 0 Å². The summed E-state index contributed by atoms with van der Waals surface area (Å²) in [5, 5.41) is 7.34. The molecule has 0 amide bonds. The van der Waals surface area contributed by atoms with Gasteiger partial charge < -0.3 is 10.1 Å². The van der Waals surface area contributed by atoms with E-state index in [1.54, 1.807) is 4.68 Å². The highest BCUT2D eigenvalue weighted by Gasteiger charge is 2.12. The second kappa shape index (κ2) is 5.64. The second-order valence-corrected chi connectivity index (χ2v) is 4.34. The standard InChI is InChI=1S/C12H18N6O/c1-5-13-11-14-10(9-6-7-18(4)17-9)15-12(16-11)19-8(2)3/h6-8H,5H2,1-4H3,(H,13,14,15,16). The van der Waals surface area contributed by atoms with Crippen molar-refractivity contribution in [3.63, 3.8) is 0 Å². The Labute approximate surface area is 112 Å². The average Bonchev–Trinajstić information content (AvgIpc) is 2.75. The predicted molar refractivity (Wildman–Crippen MR) is 72.0 cm³/mol. The largest absolute Gasteiger partial charge is 0.461 e. The number of rotatable bonds is 5. The van der Waals surface area contributed by atoms with Gasteiger partial charge in [0.05, 0.1) is 6.10 Å². The van der Waals surface area contributed by atoms with Gasteiger partial charge in [-0.05, 0) is 26.8 Å². The van der Waals surface area contributed by atoms with E-state index in [9.17, 15) is 0 Å². The van der Waals surface area contributed by atoms with Crippen LogP contribution in [0.25, 0.3) is 11.5 Å². The summed E-state index contributed by atoms with van der Waals surface area (Å²) >= 11 is 0. The van der Waals surface area contributed by atoms with Crippen molar-refractivity contribution in [1.29, 1.82) is 0 Å². The molecule has 0 aliphatic heterocycles. The van der Waals surface area contributed by atoms with Crippen molar-refractivity contribution in [1.82, 2.24) is 24.7 Å². The Balaban J connectivity index is 2.38. The Morgan fingerprint density at radius 2 is 2.11 bits per heavy atom. The van der Waals surface area contributed by atoms with E-state index in [-0.39, 0.29) is 6.10 Å². The van der Waals surface area contributed by atoms with Crippen molar-refractivity contribution >= 4 is 5.95 Å². The number of ether oxygens (including phenoxy) is 1. The molecule has 0 aromatic carbocycles. The van der Waals surface area contributed by atoms with Gasteiger partial charge in [0, 0.05) is 19.8 Å². The maximum atomic E-state index is 5.53. The maximum Gasteiger partial charge on any atom is 0.322 e. The molecule has 0 unspecified atom stereocenters. The molecule has 0 aliphatic rings. The van der Waals surface area contributed by atoms with Crippen molar-refractivity contribution < 1.29 is 4.74 Å². The van der Waals surface area contributed by atoms with Crippen LogP contribution in [-0.4, -0.2) is 37.4 Å². The van der Waals surface area contributed by atoms with Crippen LogP contribution in [0, 0.1) is 0 Å². The minimum atomic E-state index is 0.00783. The van der Waals surface area contributed by atoms with E-state index >= 15 is 0 Å².